The van der Waals surface area contributed by atoms with E-state index in [0.717, 1.165) is 0 Å². The van der Waals surface area contributed by atoms with Gasteiger partial charge in [-0.3, -0.25) is 9.59 Å². The summed E-state index contributed by atoms with van der Waals surface area (Å²) in [6, 6.07) is 4.27. The van der Waals surface area contributed by atoms with Crippen LogP contribution in [0.2, 0.25) is 5.02 Å². The first-order chi connectivity index (χ1) is 8.93. The molecule has 0 fully saturated rings. The van der Waals surface area contributed by atoms with Crippen LogP contribution in [0.15, 0.2) is 23.1 Å². The van der Waals surface area contributed by atoms with Gasteiger partial charge in [-0.25, -0.2) is 4.39 Å². The molecule has 104 valence electrons. The third-order valence-electron chi connectivity index (χ3n) is 2.34. The Bertz CT molecular complexity index is 485. The SMILES string of the molecule is CNC(=O)CN(C)C(=O)CSc1ccc(F)c(Cl)c1. The lowest BCUT2D eigenvalue weighted by atomic mass is 10.3. The molecule has 7 heteroatoms. The fourth-order valence-electron chi connectivity index (χ4n) is 1.20. The Morgan fingerprint density at radius 2 is 2.16 bits per heavy atom. The minimum absolute atomic E-state index is 0.0140. The molecule has 0 aliphatic rings. The lowest BCUT2D eigenvalue weighted by molar-refractivity contribution is -0.132. The number of amides is 2. The molecule has 0 radical (unpaired) electrons. The lowest BCUT2D eigenvalue weighted by Gasteiger charge is -2.15. The van der Waals surface area contributed by atoms with Crippen molar-refractivity contribution in [1.82, 2.24) is 10.2 Å². The van der Waals surface area contributed by atoms with E-state index in [2.05, 4.69) is 5.32 Å². The van der Waals surface area contributed by atoms with Crippen molar-refractivity contribution in [2.45, 2.75) is 4.90 Å². The molecule has 0 aliphatic carbocycles. The second kappa shape index (κ2) is 7.35. The lowest BCUT2D eigenvalue weighted by Crippen LogP contribution is -2.37. The van der Waals surface area contributed by atoms with Gasteiger partial charge in [-0.2, -0.15) is 0 Å². The summed E-state index contributed by atoms with van der Waals surface area (Å²) in [6.45, 7) is 0.0140. The fraction of sp³-hybridized carbons (Fsp3) is 0.333. The zero-order valence-corrected chi connectivity index (χ0v) is 12.1. The zero-order valence-electron chi connectivity index (χ0n) is 10.6. The number of likely N-dealkylation sites (N-methyl/N-ethyl adjacent to an activating group) is 2. The summed E-state index contributed by atoms with van der Waals surface area (Å²) in [4.78, 5) is 24.9. The van der Waals surface area contributed by atoms with Crippen LogP contribution in [0.25, 0.3) is 0 Å². The fourth-order valence-corrected chi connectivity index (χ4v) is 2.33. The van der Waals surface area contributed by atoms with Crippen LogP contribution in [0.3, 0.4) is 0 Å². The minimum atomic E-state index is -0.492. The van der Waals surface area contributed by atoms with Crippen LogP contribution in [0.1, 0.15) is 0 Å². The van der Waals surface area contributed by atoms with Crippen molar-refractivity contribution in [2.75, 3.05) is 26.4 Å². The van der Waals surface area contributed by atoms with E-state index < -0.39 is 5.82 Å². The summed E-state index contributed by atoms with van der Waals surface area (Å²) in [5.41, 5.74) is 0. The van der Waals surface area contributed by atoms with Gasteiger partial charge in [0.15, 0.2) is 0 Å². The second-order valence-electron chi connectivity index (χ2n) is 3.79. The molecule has 0 unspecified atom stereocenters. The molecule has 2 amide bonds. The zero-order chi connectivity index (χ0) is 14.4. The molecule has 19 heavy (non-hydrogen) atoms. The van der Waals surface area contributed by atoms with Crippen molar-refractivity contribution in [3.8, 4) is 0 Å². The molecule has 1 aromatic carbocycles. The Morgan fingerprint density at radius 1 is 1.47 bits per heavy atom. The maximum Gasteiger partial charge on any atom is 0.239 e. The first-order valence-corrected chi connectivity index (χ1v) is 6.82. The van der Waals surface area contributed by atoms with Crippen molar-refractivity contribution in [3.05, 3.63) is 29.0 Å². The number of rotatable bonds is 5. The number of halogens is 2. The van der Waals surface area contributed by atoms with Crippen LogP contribution < -0.4 is 5.32 Å². The van der Waals surface area contributed by atoms with E-state index in [1.165, 1.54) is 35.8 Å². The Hall–Kier alpha value is -1.27. The normalized spacial score (nSPS) is 10.1. The van der Waals surface area contributed by atoms with Crippen LogP contribution in [0.4, 0.5) is 4.39 Å². The summed E-state index contributed by atoms with van der Waals surface area (Å²) in [5.74, 6) is -0.746. The van der Waals surface area contributed by atoms with Crippen LogP contribution >= 0.6 is 23.4 Å². The number of nitrogens with one attached hydrogen (secondary N) is 1. The average molecular weight is 305 g/mol. The summed E-state index contributed by atoms with van der Waals surface area (Å²) in [7, 11) is 3.06. The Labute approximate surface area is 120 Å². The average Bonchev–Trinajstić information content (AvgIpc) is 2.39. The molecule has 0 spiro atoms. The number of carbonyl (C=O) groups is 2. The topological polar surface area (TPSA) is 49.4 Å². The van der Waals surface area contributed by atoms with Crippen LogP contribution in [0.5, 0.6) is 0 Å². The van der Waals surface area contributed by atoms with Gasteiger partial charge < -0.3 is 10.2 Å². The van der Waals surface area contributed by atoms with Gasteiger partial charge in [0.2, 0.25) is 11.8 Å². The molecular formula is C12H14ClFN2O2S. The van der Waals surface area contributed by atoms with Crippen LogP contribution in [-0.2, 0) is 9.59 Å². The Morgan fingerprint density at radius 3 is 2.74 bits per heavy atom. The van der Waals surface area contributed by atoms with Gasteiger partial charge in [-0.15, -0.1) is 11.8 Å². The molecule has 0 bridgehead atoms. The van der Waals surface area contributed by atoms with Crippen molar-refractivity contribution in [1.29, 1.82) is 0 Å². The van der Waals surface area contributed by atoms with E-state index in [-0.39, 0.29) is 29.1 Å². The van der Waals surface area contributed by atoms with Gasteiger partial charge in [-0.1, -0.05) is 11.6 Å². The largest absolute Gasteiger partial charge is 0.358 e. The predicted octanol–water partition coefficient (Wildman–Crippen LogP) is 1.78. The van der Waals surface area contributed by atoms with Gasteiger partial charge in [0, 0.05) is 19.0 Å². The third-order valence-corrected chi connectivity index (χ3v) is 3.61. The maximum absolute atomic E-state index is 12.9. The molecule has 1 N–H and O–H groups in total. The standard InChI is InChI=1S/C12H14ClFN2O2S/c1-15-11(17)6-16(2)12(18)7-19-8-3-4-10(14)9(13)5-8/h3-5H,6-7H2,1-2H3,(H,15,17). The minimum Gasteiger partial charge on any atom is -0.358 e. The number of carbonyl (C=O) groups excluding carboxylic acids is 2. The van der Waals surface area contributed by atoms with Crippen molar-refractivity contribution in [3.63, 3.8) is 0 Å². The molecule has 0 heterocycles. The highest BCUT2D eigenvalue weighted by molar-refractivity contribution is 8.00. The van der Waals surface area contributed by atoms with E-state index in [0.29, 0.717) is 4.90 Å². The van der Waals surface area contributed by atoms with Gasteiger partial charge in [0.1, 0.15) is 5.82 Å². The van der Waals surface area contributed by atoms with Crippen molar-refractivity contribution < 1.29 is 14.0 Å². The highest BCUT2D eigenvalue weighted by Gasteiger charge is 2.12. The summed E-state index contributed by atoms with van der Waals surface area (Å²) >= 11 is 6.88. The Balaban J connectivity index is 2.49. The summed E-state index contributed by atoms with van der Waals surface area (Å²) in [6.07, 6.45) is 0. The van der Waals surface area contributed by atoms with Gasteiger partial charge >= 0.3 is 0 Å². The number of thioether (sulfide) groups is 1. The monoisotopic (exact) mass is 304 g/mol. The Kier molecular flexibility index (Phi) is 6.11. The quantitative estimate of drug-likeness (QED) is 0.844. The third kappa shape index (κ3) is 5.08. The van der Waals surface area contributed by atoms with Crippen molar-refractivity contribution >= 4 is 35.2 Å². The highest BCUT2D eigenvalue weighted by Crippen LogP contribution is 2.24. The molecule has 4 nitrogen and oxygen atoms in total. The number of nitrogens with zero attached hydrogens (tertiary/aromatic N) is 1. The van der Waals surface area contributed by atoms with Gasteiger partial charge in [-0.05, 0) is 18.2 Å². The smallest absolute Gasteiger partial charge is 0.239 e. The summed E-state index contributed by atoms with van der Waals surface area (Å²) < 4.78 is 12.9. The first-order valence-electron chi connectivity index (χ1n) is 5.46. The van der Waals surface area contributed by atoms with Crippen molar-refractivity contribution in [2.24, 2.45) is 0 Å². The number of benzene rings is 1. The maximum atomic E-state index is 12.9. The molecule has 0 aromatic heterocycles. The number of hydrogen-bond donors (Lipinski definition) is 1. The van der Waals surface area contributed by atoms with E-state index >= 15 is 0 Å². The van der Waals surface area contributed by atoms with Gasteiger partial charge in [0.25, 0.3) is 0 Å². The molecule has 1 aromatic rings. The first kappa shape index (κ1) is 15.8. The van der Waals surface area contributed by atoms with E-state index in [4.69, 9.17) is 11.6 Å². The molecular weight excluding hydrogens is 291 g/mol. The highest BCUT2D eigenvalue weighted by atomic mass is 35.5. The second-order valence-corrected chi connectivity index (χ2v) is 5.24. The molecule has 1 rings (SSSR count). The molecule has 0 aliphatic heterocycles. The van der Waals surface area contributed by atoms with E-state index in [9.17, 15) is 14.0 Å². The number of hydrogen-bond acceptors (Lipinski definition) is 3. The van der Waals surface area contributed by atoms with E-state index in [1.807, 2.05) is 0 Å². The van der Waals surface area contributed by atoms with Crippen LogP contribution in [-0.4, -0.2) is 43.1 Å². The molecule has 0 saturated carbocycles. The van der Waals surface area contributed by atoms with E-state index in [1.54, 1.807) is 13.1 Å². The molecule has 0 atom stereocenters. The van der Waals surface area contributed by atoms with Gasteiger partial charge in [0.05, 0.1) is 17.3 Å². The summed E-state index contributed by atoms with van der Waals surface area (Å²) in [5, 5.41) is 2.46. The molecule has 0 saturated heterocycles. The predicted molar refractivity (Wildman–Crippen MR) is 73.8 cm³/mol. The van der Waals surface area contributed by atoms with Crippen LogP contribution in [0, 0.1) is 5.82 Å².